The maximum absolute atomic E-state index is 9.76. The van der Waals surface area contributed by atoms with E-state index in [-0.39, 0.29) is 5.75 Å². The SMILES string of the molecule is CCOc1cc(CN2CCCN(C)CC2C)ccc1O. The number of likely N-dealkylation sites (N-methyl/N-ethyl adjacent to an activating group) is 1. The Hall–Kier alpha value is -1.26. The van der Waals surface area contributed by atoms with Crippen LogP contribution in [0.2, 0.25) is 0 Å². The molecule has 4 heteroatoms. The monoisotopic (exact) mass is 278 g/mol. The number of aromatic hydroxyl groups is 1. The molecule has 0 aliphatic carbocycles. The highest BCUT2D eigenvalue weighted by Gasteiger charge is 2.19. The molecule has 0 aromatic heterocycles. The summed E-state index contributed by atoms with van der Waals surface area (Å²) in [7, 11) is 2.19. The third kappa shape index (κ3) is 3.87. The molecule has 1 heterocycles. The molecule has 1 aromatic carbocycles. The highest BCUT2D eigenvalue weighted by molar-refractivity contribution is 5.41. The van der Waals surface area contributed by atoms with Crippen molar-refractivity contribution in [1.29, 1.82) is 0 Å². The van der Waals surface area contributed by atoms with Gasteiger partial charge in [0, 0.05) is 25.7 Å². The lowest BCUT2D eigenvalue weighted by molar-refractivity contribution is 0.194. The summed E-state index contributed by atoms with van der Waals surface area (Å²) in [4.78, 5) is 4.90. The Kier molecular flexibility index (Phi) is 5.26. The molecule has 1 atom stereocenters. The second kappa shape index (κ2) is 6.95. The molecule has 1 N–H and O–H groups in total. The molecule has 0 radical (unpaired) electrons. The van der Waals surface area contributed by atoms with Gasteiger partial charge in [0.1, 0.15) is 0 Å². The molecule has 1 unspecified atom stereocenters. The zero-order valence-corrected chi connectivity index (χ0v) is 12.8. The van der Waals surface area contributed by atoms with E-state index < -0.39 is 0 Å². The zero-order valence-electron chi connectivity index (χ0n) is 12.8. The minimum absolute atomic E-state index is 0.222. The van der Waals surface area contributed by atoms with Crippen molar-refractivity contribution < 1.29 is 9.84 Å². The first-order valence-corrected chi connectivity index (χ1v) is 7.47. The van der Waals surface area contributed by atoms with E-state index in [4.69, 9.17) is 4.74 Å². The molecule has 1 aromatic rings. The van der Waals surface area contributed by atoms with E-state index in [1.54, 1.807) is 6.07 Å². The van der Waals surface area contributed by atoms with Crippen molar-refractivity contribution in [3.63, 3.8) is 0 Å². The lowest BCUT2D eigenvalue weighted by atomic mass is 10.1. The van der Waals surface area contributed by atoms with Crippen molar-refractivity contribution in [2.75, 3.05) is 33.3 Å². The van der Waals surface area contributed by atoms with Gasteiger partial charge < -0.3 is 14.7 Å². The van der Waals surface area contributed by atoms with Gasteiger partial charge in [0.25, 0.3) is 0 Å². The largest absolute Gasteiger partial charge is 0.504 e. The topological polar surface area (TPSA) is 35.9 Å². The summed E-state index contributed by atoms with van der Waals surface area (Å²) in [5.74, 6) is 0.809. The van der Waals surface area contributed by atoms with Gasteiger partial charge in [-0.15, -0.1) is 0 Å². The molecule has 0 spiro atoms. The van der Waals surface area contributed by atoms with Crippen molar-refractivity contribution >= 4 is 0 Å². The van der Waals surface area contributed by atoms with E-state index in [0.29, 0.717) is 18.4 Å². The first-order valence-electron chi connectivity index (χ1n) is 7.47. The number of rotatable bonds is 4. The molecule has 0 amide bonds. The molecule has 1 fully saturated rings. The van der Waals surface area contributed by atoms with Gasteiger partial charge in [-0.2, -0.15) is 0 Å². The number of benzene rings is 1. The van der Waals surface area contributed by atoms with Crippen LogP contribution in [0.25, 0.3) is 0 Å². The summed E-state index contributed by atoms with van der Waals surface area (Å²) in [5.41, 5.74) is 1.20. The minimum Gasteiger partial charge on any atom is -0.504 e. The van der Waals surface area contributed by atoms with Crippen molar-refractivity contribution in [3.05, 3.63) is 23.8 Å². The van der Waals surface area contributed by atoms with Crippen molar-refractivity contribution in [1.82, 2.24) is 9.80 Å². The van der Waals surface area contributed by atoms with Crippen LogP contribution in [0.3, 0.4) is 0 Å². The van der Waals surface area contributed by atoms with Gasteiger partial charge in [0.05, 0.1) is 6.61 Å². The second-order valence-corrected chi connectivity index (χ2v) is 5.67. The molecule has 112 valence electrons. The van der Waals surface area contributed by atoms with Crippen LogP contribution in [0, 0.1) is 0 Å². The van der Waals surface area contributed by atoms with Crippen LogP contribution in [-0.4, -0.2) is 54.2 Å². The Morgan fingerprint density at radius 2 is 2.15 bits per heavy atom. The van der Waals surface area contributed by atoms with E-state index in [2.05, 4.69) is 23.8 Å². The Balaban J connectivity index is 2.06. The smallest absolute Gasteiger partial charge is 0.161 e. The average Bonchev–Trinajstić information content (AvgIpc) is 2.55. The quantitative estimate of drug-likeness (QED) is 0.917. The number of hydrogen-bond acceptors (Lipinski definition) is 4. The summed E-state index contributed by atoms with van der Waals surface area (Å²) in [6.07, 6.45) is 1.21. The Bertz CT molecular complexity index is 436. The van der Waals surface area contributed by atoms with Gasteiger partial charge >= 0.3 is 0 Å². The molecule has 1 aliphatic rings. The fourth-order valence-corrected chi connectivity index (χ4v) is 2.82. The summed E-state index contributed by atoms with van der Waals surface area (Å²) in [5, 5.41) is 9.76. The summed E-state index contributed by atoms with van der Waals surface area (Å²) < 4.78 is 5.46. The van der Waals surface area contributed by atoms with E-state index in [1.807, 2.05) is 19.1 Å². The Morgan fingerprint density at radius 1 is 1.35 bits per heavy atom. The fraction of sp³-hybridized carbons (Fsp3) is 0.625. The van der Waals surface area contributed by atoms with Crippen LogP contribution >= 0.6 is 0 Å². The van der Waals surface area contributed by atoms with Gasteiger partial charge in [0.15, 0.2) is 11.5 Å². The lowest BCUT2D eigenvalue weighted by Gasteiger charge is -2.28. The van der Waals surface area contributed by atoms with Gasteiger partial charge in [0.2, 0.25) is 0 Å². The summed E-state index contributed by atoms with van der Waals surface area (Å²) in [6.45, 7) is 9.09. The first kappa shape index (κ1) is 15.1. The molecule has 1 saturated heterocycles. The van der Waals surface area contributed by atoms with Gasteiger partial charge in [-0.1, -0.05) is 6.07 Å². The molecule has 0 saturated carbocycles. The van der Waals surface area contributed by atoms with Gasteiger partial charge in [-0.05, 0) is 51.6 Å². The number of hydrogen-bond donors (Lipinski definition) is 1. The van der Waals surface area contributed by atoms with Crippen LogP contribution in [0.5, 0.6) is 11.5 Å². The number of phenolic OH excluding ortho intramolecular Hbond substituents is 1. The summed E-state index contributed by atoms with van der Waals surface area (Å²) >= 11 is 0. The van der Waals surface area contributed by atoms with Crippen LogP contribution in [0.1, 0.15) is 25.8 Å². The molecule has 1 aliphatic heterocycles. The van der Waals surface area contributed by atoms with E-state index >= 15 is 0 Å². The van der Waals surface area contributed by atoms with E-state index in [0.717, 1.165) is 19.6 Å². The fourth-order valence-electron chi connectivity index (χ4n) is 2.82. The van der Waals surface area contributed by atoms with Gasteiger partial charge in [-0.3, -0.25) is 4.90 Å². The third-order valence-electron chi connectivity index (χ3n) is 3.89. The maximum Gasteiger partial charge on any atom is 0.161 e. The highest BCUT2D eigenvalue weighted by Crippen LogP contribution is 2.27. The third-order valence-corrected chi connectivity index (χ3v) is 3.89. The average molecular weight is 278 g/mol. The summed E-state index contributed by atoms with van der Waals surface area (Å²) in [6, 6.07) is 6.22. The molecule has 20 heavy (non-hydrogen) atoms. The predicted molar refractivity (Wildman–Crippen MR) is 81.3 cm³/mol. The minimum atomic E-state index is 0.222. The number of ether oxygens (including phenoxy) is 1. The predicted octanol–water partition coefficient (Wildman–Crippen LogP) is 2.32. The Labute approximate surface area is 122 Å². The van der Waals surface area contributed by atoms with E-state index in [9.17, 15) is 5.11 Å². The van der Waals surface area contributed by atoms with Crippen LogP contribution in [0.4, 0.5) is 0 Å². The molecule has 2 rings (SSSR count). The second-order valence-electron chi connectivity index (χ2n) is 5.67. The Morgan fingerprint density at radius 3 is 2.90 bits per heavy atom. The molecule has 0 bridgehead atoms. The zero-order chi connectivity index (χ0) is 14.5. The molecular formula is C16H26N2O2. The highest BCUT2D eigenvalue weighted by atomic mass is 16.5. The number of phenols is 1. The van der Waals surface area contributed by atoms with Crippen molar-refractivity contribution in [2.45, 2.75) is 32.9 Å². The van der Waals surface area contributed by atoms with Crippen molar-refractivity contribution in [3.8, 4) is 11.5 Å². The van der Waals surface area contributed by atoms with E-state index in [1.165, 1.54) is 18.5 Å². The standard InChI is InChI=1S/C16H26N2O2/c1-4-20-16-10-14(6-7-15(16)19)12-18-9-5-8-17(3)11-13(18)2/h6-7,10,13,19H,4-5,8-9,11-12H2,1-3H3. The van der Waals surface area contributed by atoms with Crippen molar-refractivity contribution in [2.24, 2.45) is 0 Å². The van der Waals surface area contributed by atoms with Gasteiger partial charge in [-0.25, -0.2) is 0 Å². The number of nitrogens with zero attached hydrogens (tertiary/aromatic N) is 2. The van der Waals surface area contributed by atoms with Crippen LogP contribution < -0.4 is 4.74 Å². The van der Waals surface area contributed by atoms with Crippen LogP contribution in [-0.2, 0) is 6.54 Å². The lowest BCUT2D eigenvalue weighted by Crippen LogP contribution is -2.37. The normalized spacial score (nSPS) is 21.6. The maximum atomic E-state index is 9.76. The first-order chi connectivity index (χ1) is 9.60. The van der Waals surface area contributed by atoms with Crippen LogP contribution in [0.15, 0.2) is 18.2 Å². The molecular weight excluding hydrogens is 252 g/mol. The molecule has 4 nitrogen and oxygen atoms in total.